The van der Waals surface area contributed by atoms with E-state index < -0.39 is 5.82 Å². The van der Waals surface area contributed by atoms with Gasteiger partial charge in [-0.1, -0.05) is 49.4 Å². The number of nitrogens with one attached hydrogen (secondary N) is 2. The van der Waals surface area contributed by atoms with E-state index in [1.807, 2.05) is 36.4 Å². The summed E-state index contributed by atoms with van der Waals surface area (Å²) in [6.07, 6.45) is 0.953. The standard InChI is InChI=1S/C22H21FN2O/c1-2-17-9-3-5-12-20(17)24-15-16-8-7-10-18(14-16)22(26)25-21-13-6-4-11-19(21)23/h3-14,24H,2,15H2,1H3,(H,25,26). The molecule has 2 N–H and O–H groups in total. The third kappa shape index (κ3) is 4.28. The number of halogens is 1. The normalized spacial score (nSPS) is 10.4. The molecule has 0 saturated carbocycles. The highest BCUT2D eigenvalue weighted by molar-refractivity contribution is 6.04. The van der Waals surface area contributed by atoms with Crippen LogP contribution in [-0.4, -0.2) is 5.91 Å². The van der Waals surface area contributed by atoms with Crippen molar-refractivity contribution < 1.29 is 9.18 Å². The maximum absolute atomic E-state index is 13.7. The molecule has 26 heavy (non-hydrogen) atoms. The van der Waals surface area contributed by atoms with Crippen molar-refractivity contribution in [1.29, 1.82) is 0 Å². The van der Waals surface area contributed by atoms with Gasteiger partial charge in [0.1, 0.15) is 5.82 Å². The first-order valence-corrected chi connectivity index (χ1v) is 8.64. The lowest BCUT2D eigenvalue weighted by atomic mass is 10.1. The molecule has 0 bridgehead atoms. The number of aryl methyl sites for hydroxylation is 1. The van der Waals surface area contributed by atoms with Crippen LogP contribution in [0.5, 0.6) is 0 Å². The van der Waals surface area contributed by atoms with Gasteiger partial charge in [-0.05, 0) is 47.9 Å². The predicted octanol–water partition coefficient (Wildman–Crippen LogP) is 5.25. The van der Waals surface area contributed by atoms with Crippen molar-refractivity contribution in [3.63, 3.8) is 0 Å². The fourth-order valence-corrected chi connectivity index (χ4v) is 2.78. The number of hydrogen-bond acceptors (Lipinski definition) is 2. The van der Waals surface area contributed by atoms with Gasteiger partial charge in [0.05, 0.1) is 5.69 Å². The summed E-state index contributed by atoms with van der Waals surface area (Å²) in [5.74, 6) is -0.777. The highest BCUT2D eigenvalue weighted by Gasteiger charge is 2.09. The molecule has 0 unspecified atom stereocenters. The summed E-state index contributed by atoms with van der Waals surface area (Å²) in [5.41, 5.74) is 4.00. The molecular weight excluding hydrogens is 327 g/mol. The van der Waals surface area contributed by atoms with Gasteiger partial charge in [0, 0.05) is 17.8 Å². The fourth-order valence-electron chi connectivity index (χ4n) is 2.78. The number of carbonyl (C=O) groups excluding carboxylic acids is 1. The van der Waals surface area contributed by atoms with E-state index in [0.717, 1.165) is 17.7 Å². The van der Waals surface area contributed by atoms with Crippen molar-refractivity contribution in [3.05, 3.63) is 95.3 Å². The van der Waals surface area contributed by atoms with Crippen LogP contribution >= 0.6 is 0 Å². The number of para-hydroxylation sites is 2. The Balaban J connectivity index is 1.70. The zero-order valence-electron chi connectivity index (χ0n) is 14.6. The van der Waals surface area contributed by atoms with Crippen LogP contribution in [0.1, 0.15) is 28.4 Å². The lowest BCUT2D eigenvalue weighted by Gasteiger charge is -2.12. The Bertz CT molecular complexity index is 908. The first-order chi connectivity index (χ1) is 12.7. The van der Waals surface area contributed by atoms with E-state index in [1.54, 1.807) is 24.3 Å². The number of carbonyl (C=O) groups is 1. The van der Waals surface area contributed by atoms with Gasteiger partial charge in [0.25, 0.3) is 5.91 Å². The van der Waals surface area contributed by atoms with Crippen molar-refractivity contribution in [3.8, 4) is 0 Å². The Morgan fingerprint density at radius 3 is 2.42 bits per heavy atom. The Morgan fingerprint density at radius 1 is 0.923 bits per heavy atom. The average Bonchev–Trinajstić information content (AvgIpc) is 2.68. The summed E-state index contributed by atoms with van der Waals surface area (Å²) in [5, 5.41) is 6.03. The van der Waals surface area contributed by atoms with E-state index >= 15 is 0 Å². The summed E-state index contributed by atoms with van der Waals surface area (Å²) >= 11 is 0. The number of rotatable bonds is 6. The molecule has 0 saturated heterocycles. The second-order valence-corrected chi connectivity index (χ2v) is 6.00. The largest absolute Gasteiger partial charge is 0.381 e. The van der Waals surface area contributed by atoms with Crippen molar-refractivity contribution in [2.45, 2.75) is 19.9 Å². The third-order valence-electron chi connectivity index (χ3n) is 4.19. The highest BCUT2D eigenvalue weighted by atomic mass is 19.1. The molecule has 0 radical (unpaired) electrons. The zero-order valence-corrected chi connectivity index (χ0v) is 14.6. The minimum absolute atomic E-state index is 0.179. The van der Waals surface area contributed by atoms with Crippen molar-refractivity contribution in [1.82, 2.24) is 0 Å². The van der Waals surface area contributed by atoms with Crippen LogP contribution < -0.4 is 10.6 Å². The van der Waals surface area contributed by atoms with E-state index in [0.29, 0.717) is 12.1 Å². The second kappa shape index (κ2) is 8.30. The summed E-state index contributed by atoms with van der Waals surface area (Å²) in [6, 6.07) is 21.6. The van der Waals surface area contributed by atoms with E-state index in [2.05, 4.69) is 23.6 Å². The van der Waals surface area contributed by atoms with Crippen LogP contribution in [0.4, 0.5) is 15.8 Å². The number of anilines is 2. The molecule has 0 aromatic heterocycles. The Morgan fingerprint density at radius 2 is 1.65 bits per heavy atom. The maximum Gasteiger partial charge on any atom is 0.255 e. The molecule has 0 spiro atoms. The fraction of sp³-hybridized carbons (Fsp3) is 0.136. The number of benzene rings is 3. The molecule has 3 nitrogen and oxygen atoms in total. The van der Waals surface area contributed by atoms with E-state index in [9.17, 15) is 9.18 Å². The summed E-state index contributed by atoms with van der Waals surface area (Å²) in [7, 11) is 0. The number of amides is 1. The Hall–Kier alpha value is -3.14. The molecule has 3 aromatic rings. The number of hydrogen-bond donors (Lipinski definition) is 2. The van der Waals surface area contributed by atoms with Gasteiger partial charge in [-0.3, -0.25) is 4.79 Å². The van der Waals surface area contributed by atoms with E-state index in [1.165, 1.54) is 11.6 Å². The summed E-state index contributed by atoms with van der Waals surface area (Å²) in [4.78, 5) is 12.4. The van der Waals surface area contributed by atoms with Crippen LogP contribution in [0.2, 0.25) is 0 Å². The van der Waals surface area contributed by atoms with Gasteiger partial charge in [0.2, 0.25) is 0 Å². The van der Waals surface area contributed by atoms with Crippen molar-refractivity contribution in [2.24, 2.45) is 0 Å². The molecule has 3 rings (SSSR count). The summed E-state index contributed by atoms with van der Waals surface area (Å²) < 4.78 is 13.7. The van der Waals surface area contributed by atoms with Gasteiger partial charge in [0.15, 0.2) is 0 Å². The van der Waals surface area contributed by atoms with Gasteiger partial charge in [-0.2, -0.15) is 0 Å². The highest BCUT2D eigenvalue weighted by Crippen LogP contribution is 2.18. The molecule has 0 aliphatic rings. The molecule has 3 aromatic carbocycles. The molecule has 0 aliphatic carbocycles. The van der Waals surface area contributed by atoms with Crippen molar-refractivity contribution >= 4 is 17.3 Å². The monoisotopic (exact) mass is 348 g/mol. The average molecular weight is 348 g/mol. The minimum Gasteiger partial charge on any atom is -0.381 e. The van der Waals surface area contributed by atoms with Crippen LogP contribution in [0.15, 0.2) is 72.8 Å². The quantitative estimate of drug-likeness (QED) is 0.638. The molecule has 4 heteroatoms. The first kappa shape index (κ1) is 17.7. The maximum atomic E-state index is 13.7. The van der Waals surface area contributed by atoms with Crippen LogP contribution in [-0.2, 0) is 13.0 Å². The second-order valence-electron chi connectivity index (χ2n) is 6.00. The summed E-state index contributed by atoms with van der Waals surface area (Å²) in [6.45, 7) is 2.73. The van der Waals surface area contributed by atoms with E-state index in [4.69, 9.17) is 0 Å². The first-order valence-electron chi connectivity index (χ1n) is 8.64. The molecule has 1 amide bonds. The van der Waals surface area contributed by atoms with Gasteiger partial charge in [-0.25, -0.2) is 4.39 Å². The molecule has 0 heterocycles. The molecule has 0 atom stereocenters. The van der Waals surface area contributed by atoms with Gasteiger partial charge < -0.3 is 10.6 Å². The zero-order chi connectivity index (χ0) is 18.4. The van der Waals surface area contributed by atoms with Crippen molar-refractivity contribution in [2.75, 3.05) is 10.6 Å². The molecule has 132 valence electrons. The third-order valence-corrected chi connectivity index (χ3v) is 4.19. The smallest absolute Gasteiger partial charge is 0.255 e. The van der Waals surface area contributed by atoms with Crippen LogP contribution in [0.3, 0.4) is 0 Å². The van der Waals surface area contributed by atoms with E-state index in [-0.39, 0.29) is 11.6 Å². The Kier molecular flexibility index (Phi) is 5.64. The molecule has 0 aliphatic heterocycles. The molecular formula is C22H21FN2O. The molecule has 0 fully saturated rings. The van der Waals surface area contributed by atoms with Gasteiger partial charge >= 0.3 is 0 Å². The SMILES string of the molecule is CCc1ccccc1NCc1cccc(C(=O)Nc2ccccc2F)c1. The topological polar surface area (TPSA) is 41.1 Å². The lowest BCUT2D eigenvalue weighted by Crippen LogP contribution is -2.13. The van der Waals surface area contributed by atoms with Crippen LogP contribution in [0, 0.1) is 5.82 Å². The predicted molar refractivity (Wildman–Crippen MR) is 104 cm³/mol. The minimum atomic E-state index is -0.449. The van der Waals surface area contributed by atoms with Crippen LogP contribution in [0.25, 0.3) is 0 Å². The van der Waals surface area contributed by atoms with Gasteiger partial charge in [-0.15, -0.1) is 0 Å². The Labute approximate surface area is 152 Å². The lowest BCUT2D eigenvalue weighted by molar-refractivity contribution is 0.102.